The van der Waals surface area contributed by atoms with Crippen LogP contribution in [0.15, 0.2) is 48.9 Å². The number of pyridine rings is 2. The lowest BCUT2D eigenvalue weighted by molar-refractivity contribution is 0.418. The molecule has 1 saturated heterocycles. The molecule has 1 aliphatic heterocycles. The van der Waals surface area contributed by atoms with E-state index in [1.54, 1.807) is 43.9 Å². The minimum atomic E-state index is -0.535. The van der Waals surface area contributed by atoms with Crippen molar-refractivity contribution in [3.05, 3.63) is 60.3 Å². The number of nitriles is 1. The maximum atomic E-state index is 14.4. The normalized spacial score (nSPS) is 13.5. The molecule has 0 amide bonds. The summed E-state index contributed by atoms with van der Waals surface area (Å²) in [5, 5.41) is 16.1. The third-order valence-corrected chi connectivity index (χ3v) is 5.57. The summed E-state index contributed by atoms with van der Waals surface area (Å²) >= 11 is 0. The van der Waals surface area contributed by atoms with Crippen molar-refractivity contribution in [3.8, 4) is 23.2 Å². The van der Waals surface area contributed by atoms with E-state index in [4.69, 9.17) is 20.0 Å². The van der Waals surface area contributed by atoms with Crippen molar-refractivity contribution < 1.29 is 9.13 Å². The molecule has 34 heavy (non-hydrogen) atoms. The fourth-order valence-corrected chi connectivity index (χ4v) is 3.89. The summed E-state index contributed by atoms with van der Waals surface area (Å²) in [7, 11) is 1.61. The number of rotatable bonds is 5. The number of aromatic nitrogens is 4. The zero-order chi connectivity index (χ0) is 23.5. The number of methoxy groups -OCH3 is 1. The van der Waals surface area contributed by atoms with Crippen LogP contribution in [-0.4, -0.2) is 53.2 Å². The maximum absolute atomic E-state index is 14.4. The highest BCUT2D eigenvalue weighted by atomic mass is 19.1. The Kier molecular flexibility index (Phi) is 5.84. The minimum absolute atomic E-state index is 0.221. The first-order chi connectivity index (χ1) is 16.7. The van der Waals surface area contributed by atoms with E-state index in [2.05, 4.69) is 25.5 Å². The molecule has 4 aromatic rings. The first-order valence-electron chi connectivity index (χ1n) is 10.7. The van der Waals surface area contributed by atoms with Gasteiger partial charge in [0.15, 0.2) is 5.82 Å². The van der Waals surface area contributed by atoms with E-state index in [9.17, 15) is 4.39 Å². The van der Waals surface area contributed by atoms with Crippen LogP contribution in [0.1, 0.15) is 5.56 Å². The summed E-state index contributed by atoms with van der Waals surface area (Å²) in [4.78, 5) is 20.4. The highest BCUT2D eigenvalue weighted by Gasteiger charge is 2.21. The molecule has 2 N–H and O–H groups in total. The molecule has 1 aromatic carbocycles. The Morgan fingerprint density at radius 1 is 1.15 bits per heavy atom. The Morgan fingerprint density at radius 3 is 2.76 bits per heavy atom. The molecule has 0 radical (unpaired) electrons. The molecule has 5 rings (SSSR count). The van der Waals surface area contributed by atoms with Gasteiger partial charge in [-0.2, -0.15) is 5.26 Å². The molecule has 0 spiro atoms. The Balaban J connectivity index is 1.56. The number of piperazine rings is 1. The monoisotopic (exact) mass is 456 g/mol. The second-order valence-corrected chi connectivity index (χ2v) is 7.70. The Hall–Kier alpha value is -4.36. The first kappa shape index (κ1) is 21.5. The number of halogens is 1. The highest BCUT2D eigenvalue weighted by Crippen LogP contribution is 2.34. The average molecular weight is 456 g/mol. The van der Waals surface area contributed by atoms with Gasteiger partial charge in [0.2, 0.25) is 0 Å². The van der Waals surface area contributed by atoms with E-state index < -0.39 is 5.82 Å². The first-order valence-corrected chi connectivity index (χ1v) is 10.7. The zero-order valence-corrected chi connectivity index (χ0v) is 18.4. The van der Waals surface area contributed by atoms with E-state index in [1.807, 2.05) is 6.07 Å². The lowest BCUT2D eigenvalue weighted by Gasteiger charge is -2.29. The van der Waals surface area contributed by atoms with Gasteiger partial charge in [-0.25, -0.2) is 19.3 Å². The molecular weight excluding hydrogens is 435 g/mol. The van der Waals surface area contributed by atoms with Gasteiger partial charge < -0.3 is 20.3 Å². The summed E-state index contributed by atoms with van der Waals surface area (Å²) in [6, 6.07) is 9.71. The topological polar surface area (TPSA) is 112 Å². The van der Waals surface area contributed by atoms with Crippen molar-refractivity contribution in [1.29, 1.82) is 5.26 Å². The second-order valence-electron chi connectivity index (χ2n) is 7.70. The Labute approximate surface area is 195 Å². The van der Waals surface area contributed by atoms with E-state index in [0.29, 0.717) is 28.5 Å². The van der Waals surface area contributed by atoms with Crippen LogP contribution in [0.2, 0.25) is 0 Å². The van der Waals surface area contributed by atoms with Crippen LogP contribution in [0, 0.1) is 17.1 Å². The smallest absolute Gasteiger partial charge is 0.162 e. The number of hydrogen-bond acceptors (Lipinski definition) is 9. The predicted molar refractivity (Wildman–Crippen MR) is 127 cm³/mol. The summed E-state index contributed by atoms with van der Waals surface area (Å²) in [6.07, 6.45) is 4.97. The maximum Gasteiger partial charge on any atom is 0.162 e. The van der Waals surface area contributed by atoms with E-state index in [1.165, 1.54) is 12.1 Å². The molecule has 0 unspecified atom stereocenters. The van der Waals surface area contributed by atoms with Gasteiger partial charge >= 0.3 is 0 Å². The largest absolute Gasteiger partial charge is 0.494 e. The molecule has 0 atom stereocenters. The summed E-state index contributed by atoms with van der Waals surface area (Å²) < 4.78 is 19.9. The molecule has 9 nitrogen and oxygen atoms in total. The van der Waals surface area contributed by atoms with E-state index in [-0.39, 0.29) is 11.3 Å². The molecule has 1 fully saturated rings. The van der Waals surface area contributed by atoms with Crippen LogP contribution in [0.4, 0.5) is 21.7 Å². The Bertz CT molecular complexity index is 1400. The third kappa shape index (κ3) is 4.16. The number of benzene rings is 1. The quantitative estimate of drug-likeness (QED) is 0.467. The number of nitrogens with zero attached hydrogens (tertiary/aromatic N) is 6. The number of fused-ring (bicyclic) bond motifs is 1. The lowest BCUT2D eigenvalue weighted by atomic mass is 10.2. The van der Waals surface area contributed by atoms with Gasteiger partial charge in [-0.05, 0) is 30.3 Å². The molecule has 1 aliphatic rings. The number of nitrogens with one attached hydrogen (secondary N) is 2. The van der Waals surface area contributed by atoms with Gasteiger partial charge in [-0.3, -0.25) is 4.98 Å². The molecule has 0 aliphatic carbocycles. The van der Waals surface area contributed by atoms with Crippen LogP contribution in [0.3, 0.4) is 0 Å². The van der Waals surface area contributed by atoms with Crippen molar-refractivity contribution in [2.45, 2.75) is 0 Å². The summed E-state index contributed by atoms with van der Waals surface area (Å²) in [5.74, 6) is 1.79. The SMILES string of the molecule is COc1cncc2nc(-c3ccnc(Nc4ccc(C#N)cc4F)c3)nc(N3CCNCC3)c12. The van der Waals surface area contributed by atoms with Gasteiger partial charge in [0, 0.05) is 37.9 Å². The fraction of sp³-hybridized carbons (Fsp3) is 0.208. The van der Waals surface area contributed by atoms with Crippen molar-refractivity contribution in [2.24, 2.45) is 0 Å². The Morgan fingerprint density at radius 2 is 2.00 bits per heavy atom. The third-order valence-electron chi connectivity index (χ3n) is 5.57. The van der Waals surface area contributed by atoms with Crippen LogP contribution in [0.25, 0.3) is 22.3 Å². The molecule has 0 saturated carbocycles. The average Bonchev–Trinajstić information content (AvgIpc) is 2.89. The fourth-order valence-electron chi connectivity index (χ4n) is 3.89. The van der Waals surface area contributed by atoms with Crippen LogP contribution in [-0.2, 0) is 0 Å². The second kappa shape index (κ2) is 9.25. The van der Waals surface area contributed by atoms with Crippen LogP contribution in [0.5, 0.6) is 5.75 Å². The molecule has 170 valence electrons. The lowest BCUT2D eigenvalue weighted by Crippen LogP contribution is -2.44. The van der Waals surface area contributed by atoms with Gasteiger partial charge in [-0.15, -0.1) is 0 Å². The van der Waals surface area contributed by atoms with Crippen LogP contribution >= 0.6 is 0 Å². The molecule has 10 heteroatoms. The van der Waals surface area contributed by atoms with Gasteiger partial charge in [0.05, 0.1) is 47.7 Å². The minimum Gasteiger partial charge on any atom is -0.494 e. The van der Waals surface area contributed by atoms with E-state index in [0.717, 1.165) is 37.4 Å². The summed E-state index contributed by atoms with van der Waals surface area (Å²) in [6.45, 7) is 3.32. The predicted octanol–water partition coefficient (Wildman–Crippen LogP) is 3.26. The summed E-state index contributed by atoms with van der Waals surface area (Å²) in [5.41, 5.74) is 1.85. The zero-order valence-electron chi connectivity index (χ0n) is 18.4. The molecular formula is C24H21FN8O. The number of ether oxygens (including phenoxy) is 1. The standard InChI is InChI=1S/C24H21FN8O/c1-34-20-14-28-13-19-22(20)24(33-8-6-27-7-9-33)32-23(31-19)16-4-5-29-21(11-16)30-18-3-2-15(12-26)10-17(18)25/h2-5,10-11,13-14,27H,6-9H2,1H3,(H,29,30). The molecule has 4 heterocycles. The number of hydrogen-bond donors (Lipinski definition) is 2. The van der Waals surface area contributed by atoms with Crippen LogP contribution < -0.4 is 20.3 Å². The molecule has 3 aromatic heterocycles. The van der Waals surface area contributed by atoms with Gasteiger partial charge in [-0.1, -0.05) is 0 Å². The van der Waals surface area contributed by atoms with Crippen molar-refractivity contribution >= 4 is 28.2 Å². The van der Waals surface area contributed by atoms with Gasteiger partial charge in [0.1, 0.15) is 23.2 Å². The number of anilines is 3. The van der Waals surface area contributed by atoms with Gasteiger partial charge in [0.25, 0.3) is 0 Å². The van der Waals surface area contributed by atoms with Crippen molar-refractivity contribution in [1.82, 2.24) is 25.3 Å². The highest BCUT2D eigenvalue weighted by molar-refractivity contribution is 5.95. The molecule has 0 bridgehead atoms. The van der Waals surface area contributed by atoms with E-state index >= 15 is 0 Å². The van der Waals surface area contributed by atoms with Crippen molar-refractivity contribution in [3.63, 3.8) is 0 Å². The van der Waals surface area contributed by atoms with Crippen molar-refractivity contribution in [2.75, 3.05) is 43.5 Å².